The Labute approximate surface area is 270 Å². The van der Waals surface area contributed by atoms with Crippen molar-refractivity contribution < 1.29 is 0 Å². The predicted molar refractivity (Wildman–Crippen MR) is 195 cm³/mol. The number of anilines is 6. The molecule has 5 aromatic carbocycles. The smallest absolute Gasteiger partial charge is 0.250 e. The highest BCUT2D eigenvalue weighted by atomic mass is 15.3. The van der Waals surface area contributed by atoms with Gasteiger partial charge in [0.2, 0.25) is 6.71 Å². The minimum Gasteiger partial charge on any atom is -0.292 e. The number of pyridine rings is 2. The zero-order valence-electron chi connectivity index (χ0n) is 26.8. The molecular formula is C41H33BN4. The van der Waals surface area contributed by atoms with Crippen LogP contribution in [-0.4, -0.2) is 16.7 Å². The van der Waals surface area contributed by atoms with Crippen LogP contribution in [0.4, 0.5) is 34.4 Å². The molecule has 0 saturated carbocycles. The van der Waals surface area contributed by atoms with Crippen LogP contribution >= 0.6 is 0 Å². The van der Waals surface area contributed by atoms with Gasteiger partial charge in [0.05, 0.1) is 22.7 Å². The first-order valence-corrected chi connectivity index (χ1v) is 16.0. The quantitative estimate of drug-likeness (QED) is 0.189. The van der Waals surface area contributed by atoms with Crippen LogP contribution < -0.4 is 26.2 Å². The molecule has 0 fully saturated rings. The Morgan fingerprint density at radius 1 is 0.522 bits per heavy atom. The number of benzene rings is 5. The summed E-state index contributed by atoms with van der Waals surface area (Å²) in [6.07, 6.45) is 0. The molecular weight excluding hydrogens is 559 g/mol. The zero-order valence-corrected chi connectivity index (χ0v) is 26.8. The number of fused-ring (bicyclic) bond motifs is 7. The molecule has 2 aromatic heterocycles. The summed E-state index contributed by atoms with van der Waals surface area (Å²) in [5.74, 6) is 1.91. The van der Waals surface area contributed by atoms with Crippen molar-refractivity contribution in [2.24, 2.45) is 0 Å². The van der Waals surface area contributed by atoms with Crippen LogP contribution in [0.15, 0.2) is 109 Å². The molecule has 0 N–H and O–H groups in total. The Morgan fingerprint density at radius 3 is 1.87 bits per heavy atom. The molecule has 0 aliphatic carbocycles. The highest BCUT2D eigenvalue weighted by Gasteiger charge is 2.44. The van der Waals surface area contributed by atoms with Crippen molar-refractivity contribution >= 4 is 79.0 Å². The number of hydrogen-bond acceptors (Lipinski definition) is 4. The molecule has 4 nitrogen and oxygen atoms in total. The molecule has 5 heteroatoms. The Balaban J connectivity index is 1.49. The van der Waals surface area contributed by atoms with E-state index in [9.17, 15) is 0 Å². The predicted octanol–water partition coefficient (Wildman–Crippen LogP) is 8.41. The second-order valence-electron chi connectivity index (χ2n) is 13.0. The summed E-state index contributed by atoms with van der Waals surface area (Å²) in [7, 11) is 0. The lowest BCUT2D eigenvalue weighted by Gasteiger charge is -2.45. The third-order valence-corrected chi connectivity index (χ3v) is 9.82. The van der Waals surface area contributed by atoms with Gasteiger partial charge in [-0.15, -0.1) is 0 Å². The molecule has 0 atom stereocenters. The van der Waals surface area contributed by atoms with Gasteiger partial charge in [0.15, 0.2) is 0 Å². The number of hydrogen-bond donors (Lipinski definition) is 0. The van der Waals surface area contributed by atoms with Crippen LogP contribution in [0.2, 0.25) is 0 Å². The van der Waals surface area contributed by atoms with Crippen LogP contribution in [0.25, 0.3) is 21.5 Å². The van der Waals surface area contributed by atoms with E-state index in [2.05, 4.69) is 154 Å². The van der Waals surface area contributed by atoms with Gasteiger partial charge in [0.25, 0.3) is 0 Å². The van der Waals surface area contributed by atoms with Crippen LogP contribution in [-0.2, 0) is 0 Å². The van der Waals surface area contributed by atoms with Gasteiger partial charge in [-0.25, -0.2) is 9.97 Å². The van der Waals surface area contributed by atoms with Gasteiger partial charge in [0, 0.05) is 11.4 Å². The number of rotatable bonds is 2. The van der Waals surface area contributed by atoms with E-state index in [0.717, 1.165) is 40.1 Å². The van der Waals surface area contributed by atoms with Crippen molar-refractivity contribution in [3.63, 3.8) is 0 Å². The topological polar surface area (TPSA) is 32.3 Å². The standard InChI is InChI=1S/C41H33BN4/c1-24-19-25(2)38(26(3)20-24)42-33-18-17-28(5)44-41(33)46-35-22-30-13-7-6-12-29(30)21-34(35)45(37-16-10-11-27(4)43-37)36-23-31-14-8-9-15-32(31)39(42)40(36)46/h6-23H,1-5H3. The van der Waals surface area contributed by atoms with Crippen molar-refractivity contribution in [2.45, 2.75) is 34.6 Å². The Kier molecular flexibility index (Phi) is 5.73. The third kappa shape index (κ3) is 3.81. The first kappa shape index (κ1) is 26.9. The largest absolute Gasteiger partial charge is 0.292 e. The normalized spacial score (nSPS) is 13.2. The third-order valence-electron chi connectivity index (χ3n) is 9.82. The average molecular weight is 593 g/mol. The highest BCUT2D eigenvalue weighted by molar-refractivity contribution is 7.00. The molecule has 0 bridgehead atoms. The van der Waals surface area contributed by atoms with Crippen LogP contribution in [0.1, 0.15) is 28.1 Å². The number of nitrogens with zero attached hydrogens (tertiary/aromatic N) is 4. The van der Waals surface area contributed by atoms with E-state index in [-0.39, 0.29) is 6.71 Å². The lowest BCUT2D eigenvalue weighted by Crippen LogP contribution is -2.60. The highest BCUT2D eigenvalue weighted by Crippen LogP contribution is 2.55. The Hall–Kier alpha value is -5.42. The van der Waals surface area contributed by atoms with Crippen LogP contribution in [0.5, 0.6) is 0 Å². The van der Waals surface area contributed by atoms with E-state index in [1.165, 1.54) is 60.3 Å². The Bertz CT molecular complexity index is 2390. The Morgan fingerprint density at radius 2 is 1.15 bits per heavy atom. The molecule has 0 unspecified atom stereocenters. The van der Waals surface area contributed by atoms with Crippen molar-refractivity contribution in [2.75, 3.05) is 9.80 Å². The monoisotopic (exact) mass is 592 g/mol. The van der Waals surface area contributed by atoms with Crippen LogP contribution in [0, 0.1) is 34.6 Å². The maximum atomic E-state index is 5.36. The van der Waals surface area contributed by atoms with E-state index in [4.69, 9.17) is 9.97 Å². The van der Waals surface area contributed by atoms with Crippen molar-refractivity contribution in [3.8, 4) is 0 Å². The second-order valence-corrected chi connectivity index (χ2v) is 13.0. The molecule has 0 radical (unpaired) electrons. The van der Waals surface area contributed by atoms with Crippen molar-refractivity contribution in [1.29, 1.82) is 0 Å². The molecule has 9 rings (SSSR count). The van der Waals surface area contributed by atoms with E-state index >= 15 is 0 Å². The molecule has 2 aliphatic rings. The van der Waals surface area contributed by atoms with E-state index in [1.807, 2.05) is 0 Å². The molecule has 46 heavy (non-hydrogen) atoms. The average Bonchev–Trinajstić information content (AvgIpc) is 3.04. The number of aryl methyl sites for hydroxylation is 5. The van der Waals surface area contributed by atoms with Gasteiger partial charge in [-0.1, -0.05) is 94.9 Å². The summed E-state index contributed by atoms with van der Waals surface area (Å²) in [5, 5.41) is 4.88. The van der Waals surface area contributed by atoms with Gasteiger partial charge in [0.1, 0.15) is 11.6 Å². The van der Waals surface area contributed by atoms with Gasteiger partial charge in [-0.05, 0) is 103 Å². The first-order valence-electron chi connectivity index (χ1n) is 16.0. The zero-order chi connectivity index (χ0) is 31.3. The fraction of sp³-hybridized carbons (Fsp3) is 0.122. The second kappa shape index (κ2) is 9.79. The minimum atomic E-state index is 0.00845. The fourth-order valence-electron chi connectivity index (χ4n) is 8.05. The van der Waals surface area contributed by atoms with Gasteiger partial charge >= 0.3 is 0 Å². The molecule has 7 aromatic rings. The van der Waals surface area contributed by atoms with E-state index < -0.39 is 0 Å². The molecule has 0 saturated heterocycles. The van der Waals surface area contributed by atoms with Gasteiger partial charge in [-0.3, -0.25) is 9.80 Å². The summed E-state index contributed by atoms with van der Waals surface area (Å²) < 4.78 is 0. The van der Waals surface area contributed by atoms with Crippen LogP contribution in [0.3, 0.4) is 0 Å². The minimum absolute atomic E-state index is 0.00845. The summed E-state index contributed by atoms with van der Waals surface area (Å²) >= 11 is 0. The lowest BCUT2D eigenvalue weighted by atomic mass is 9.33. The van der Waals surface area contributed by atoms with Crippen molar-refractivity contribution in [1.82, 2.24) is 9.97 Å². The van der Waals surface area contributed by atoms with Gasteiger partial charge < -0.3 is 0 Å². The van der Waals surface area contributed by atoms with E-state index in [0.29, 0.717) is 0 Å². The maximum Gasteiger partial charge on any atom is 0.250 e. The number of aromatic nitrogens is 2. The van der Waals surface area contributed by atoms with Crippen molar-refractivity contribution in [3.05, 3.63) is 137 Å². The van der Waals surface area contributed by atoms with E-state index in [1.54, 1.807) is 0 Å². The van der Waals surface area contributed by atoms with Gasteiger partial charge in [-0.2, -0.15) is 0 Å². The summed E-state index contributed by atoms with van der Waals surface area (Å²) in [4.78, 5) is 15.3. The SMILES string of the molecule is Cc1cc(C)c(B2c3ccc(C)nc3N3c4cc5ccccc5cc4N(c4cccc(C)n4)c4cc5ccccc5c2c43)c(C)c1. The lowest BCUT2D eigenvalue weighted by molar-refractivity contribution is 1.08. The summed E-state index contributed by atoms with van der Waals surface area (Å²) in [6.45, 7) is 10.9. The summed E-state index contributed by atoms with van der Waals surface area (Å²) in [6, 6.07) is 40.0. The maximum absolute atomic E-state index is 5.36. The molecule has 0 amide bonds. The first-order chi connectivity index (χ1) is 22.4. The molecule has 220 valence electrons. The molecule has 4 heterocycles. The molecule has 0 spiro atoms. The fourth-order valence-corrected chi connectivity index (χ4v) is 8.05. The summed E-state index contributed by atoms with van der Waals surface area (Å²) in [5.41, 5.74) is 14.3. The molecule has 2 aliphatic heterocycles.